The number of carbonyl (C=O) groups excluding carboxylic acids is 3. The topological polar surface area (TPSA) is 87.3 Å². The molecule has 1 atom stereocenters. The first kappa shape index (κ1) is 18.4. The van der Waals surface area contributed by atoms with Crippen LogP contribution in [0.3, 0.4) is 0 Å². The normalized spacial score (nSPS) is 22.4. The van der Waals surface area contributed by atoms with Gasteiger partial charge in [-0.1, -0.05) is 54.1 Å². The monoisotopic (exact) mass is 401 g/mol. The van der Waals surface area contributed by atoms with Gasteiger partial charge in [0.25, 0.3) is 11.8 Å². The summed E-state index contributed by atoms with van der Waals surface area (Å²) < 4.78 is 14.9. The number of urea groups is 1. The van der Waals surface area contributed by atoms with Crippen molar-refractivity contribution in [2.45, 2.75) is 24.0 Å². The maximum absolute atomic E-state index is 14.9. The zero-order valence-electron chi connectivity index (χ0n) is 14.7. The summed E-state index contributed by atoms with van der Waals surface area (Å²) in [5, 5.41) is 7.25. The molecule has 28 heavy (non-hydrogen) atoms. The standard InChI is InChI=1S/C20H17ClFN3O3/c21-14-8-4-7-13(12-5-2-1-3-6-12)15(14)16(26)23-11-20(19(22)9-10-19)17(27)24-18(28)25-20/h1-8H,9-11H2,(H,23,26)(H2,24,25,27,28). The van der Waals surface area contributed by atoms with Crippen LogP contribution in [0, 0.1) is 0 Å². The first-order valence-electron chi connectivity index (χ1n) is 8.81. The molecule has 0 radical (unpaired) electrons. The summed E-state index contributed by atoms with van der Waals surface area (Å²) in [5.41, 5.74) is -2.06. The Kier molecular flexibility index (Phi) is 4.34. The minimum absolute atomic E-state index is 0.137. The number of amides is 4. The summed E-state index contributed by atoms with van der Waals surface area (Å²) in [4.78, 5) is 36.8. The van der Waals surface area contributed by atoms with E-state index in [4.69, 9.17) is 11.6 Å². The van der Waals surface area contributed by atoms with E-state index in [1.54, 1.807) is 18.2 Å². The molecule has 4 rings (SSSR count). The van der Waals surface area contributed by atoms with E-state index >= 15 is 0 Å². The van der Waals surface area contributed by atoms with E-state index in [0.717, 1.165) is 5.56 Å². The highest BCUT2D eigenvalue weighted by molar-refractivity contribution is 6.34. The van der Waals surface area contributed by atoms with Crippen molar-refractivity contribution in [3.63, 3.8) is 0 Å². The van der Waals surface area contributed by atoms with Gasteiger partial charge < -0.3 is 10.6 Å². The van der Waals surface area contributed by atoms with Crippen molar-refractivity contribution in [2.75, 3.05) is 6.54 Å². The highest BCUT2D eigenvalue weighted by atomic mass is 35.5. The molecule has 0 aromatic heterocycles. The molecule has 6 nitrogen and oxygen atoms in total. The first-order chi connectivity index (χ1) is 13.4. The van der Waals surface area contributed by atoms with Crippen LogP contribution in [0.4, 0.5) is 9.18 Å². The summed E-state index contributed by atoms with van der Waals surface area (Å²) in [6.45, 7) is -0.376. The van der Waals surface area contributed by atoms with Crippen LogP contribution in [0.25, 0.3) is 11.1 Å². The lowest BCUT2D eigenvalue weighted by atomic mass is 9.90. The molecule has 1 aliphatic carbocycles. The SMILES string of the molecule is O=C1NC(=O)C(CNC(=O)c2c(Cl)cccc2-c2ccccc2)(C2(F)CC2)N1. The van der Waals surface area contributed by atoms with Gasteiger partial charge in [0, 0.05) is 0 Å². The van der Waals surface area contributed by atoms with Gasteiger partial charge in [0.1, 0.15) is 5.67 Å². The number of imide groups is 1. The predicted molar refractivity (Wildman–Crippen MR) is 102 cm³/mol. The average Bonchev–Trinajstić information content (AvgIpc) is 3.36. The van der Waals surface area contributed by atoms with E-state index in [0.29, 0.717) is 5.56 Å². The lowest BCUT2D eigenvalue weighted by Crippen LogP contribution is -2.62. The van der Waals surface area contributed by atoms with Gasteiger partial charge in [-0.15, -0.1) is 0 Å². The van der Waals surface area contributed by atoms with Gasteiger partial charge in [0.2, 0.25) is 0 Å². The van der Waals surface area contributed by atoms with E-state index in [1.807, 2.05) is 30.3 Å². The third-order valence-corrected chi connectivity index (χ3v) is 5.55. The molecule has 2 aromatic rings. The smallest absolute Gasteiger partial charge is 0.322 e. The van der Waals surface area contributed by atoms with Gasteiger partial charge in [0.05, 0.1) is 17.1 Å². The molecule has 3 N–H and O–H groups in total. The number of nitrogens with one attached hydrogen (secondary N) is 3. The fourth-order valence-electron chi connectivity index (χ4n) is 3.54. The van der Waals surface area contributed by atoms with E-state index in [2.05, 4.69) is 16.0 Å². The molecular weight excluding hydrogens is 385 g/mol. The van der Waals surface area contributed by atoms with Crippen molar-refractivity contribution in [3.05, 3.63) is 59.1 Å². The highest BCUT2D eigenvalue weighted by Crippen LogP contribution is 2.49. The van der Waals surface area contributed by atoms with Gasteiger partial charge in [-0.25, -0.2) is 9.18 Å². The molecular formula is C20H17ClFN3O3. The average molecular weight is 402 g/mol. The Morgan fingerprint density at radius 3 is 2.43 bits per heavy atom. The Hall–Kier alpha value is -2.93. The first-order valence-corrected chi connectivity index (χ1v) is 9.19. The van der Waals surface area contributed by atoms with Gasteiger partial charge in [-0.3, -0.25) is 14.9 Å². The second kappa shape index (κ2) is 6.60. The van der Waals surface area contributed by atoms with Crippen LogP contribution in [0.1, 0.15) is 23.2 Å². The van der Waals surface area contributed by atoms with Crippen molar-refractivity contribution < 1.29 is 18.8 Å². The second-order valence-electron chi connectivity index (χ2n) is 6.99. The molecule has 0 bridgehead atoms. The molecule has 4 amide bonds. The Bertz CT molecular complexity index is 978. The molecule has 1 saturated carbocycles. The molecule has 1 heterocycles. The number of benzene rings is 2. The highest BCUT2D eigenvalue weighted by Gasteiger charge is 2.68. The van der Waals surface area contributed by atoms with Crippen molar-refractivity contribution >= 4 is 29.4 Å². The van der Waals surface area contributed by atoms with Crippen LogP contribution in [0.2, 0.25) is 5.02 Å². The Labute approximate surface area is 165 Å². The minimum Gasteiger partial charge on any atom is -0.349 e. The van der Waals surface area contributed by atoms with Crippen LogP contribution in [0.15, 0.2) is 48.5 Å². The Morgan fingerprint density at radius 1 is 1.11 bits per heavy atom. The van der Waals surface area contributed by atoms with Crippen LogP contribution < -0.4 is 16.0 Å². The molecule has 0 spiro atoms. The van der Waals surface area contributed by atoms with Gasteiger partial charge in [0.15, 0.2) is 5.54 Å². The number of hydrogen-bond acceptors (Lipinski definition) is 3. The lowest BCUT2D eigenvalue weighted by molar-refractivity contribution is -0.126. The van der Waals surface area contributed by atoms with E-state index in [9.17, 15) is 18.8 Å². The van der Waals surface area contributed by atoms with Gasteiger partial charge in [-0.05, 0) is 30.0 Å². The molecule has 1 aliphatic heterocycles. The van der Waals surface area contributed by atoms with Crippen LogP contribution in [-0.4, -0.2) is 35.6 Å². The number of halogens is 2. The molecule has 144 valence electrons. The predicted octanol–water partition coefficient (Wildman–Crippen LogP) is 2.82. The van der Waals surface area contributed by atoms with Crippen molar-refractivity contribution in [2.24, 2.45) is 0 Å². The second-order valence-corrected chi connectivity index (χ2v) is 7.40. The van der Waals surface area contributed by atoms with E-state index in [1.165, 1.54) is 0 Å². The van der Waals surface area contributed by atoms with Gasteiger partial charge in [-0.2, -0.15) is 0 Å². The van der Waals surface area contributed by atoms with Crippen LogP contribution in [0.5, 0.6) is 0 Å². The van der Waals surface area contributed by atoms with Crippen molar-refractivity contribution in [1.29, 1.82) is 0 Å². The van der Waals surface area contributed by atoms with E-state index < -0.39 is 29.1 Å². The summed E-state index contributed by atoms with van der Waals surface area (Å²) in [7, 11) is 0. The molecule has 2 aromatic carbocycles. The largest absolute Gasteiger partial charge is 0.349 e. The molecule has 1 saturated heterocycles. The maximum atomic E-state index is 14.9. The lowest BCUT2D eigenvalue weighted by Gasteiger charge is -2.30. The quantitative estimate of drug-likeness (QED) is 0.673. The summed E-state index contributed by atoms with van der Waals surface area (Å²) >= 11 is 6.27. The number of rotatable bonds is 5. The Balaban J connectivity index is 1.63. The van der Waals surface area contributed by atoms with Crippen LogP contribution in [-0.2, 0) is 4.79 Å². The molecule has 2 fully saturated rings. The summed E-state index contributed by atoms with van der Waals surface area (Å²) in [5.74, 6) is -1.33. The zero-order valence-corrected chi connectivity index (χ0v) is 15.5. The number of alkyl halides is 1. The fourth-order valence-corrected chi connectivity index (χ4v) is 3.80. The Morgan fingerprint density at radius 2 is 1.82 bits per heavy atom. The minimum atomic E-state index is -1.88. The summed E-state index contributed by atoms with van der Waals surface area (Å²) in [6, 6.07) is 13.5. The zero-order chi connectivity index (χ0) is 19.9. The van der Waals surface area contributed by atoms with Gasteiger partial charge >= 0.3 is 6.03 Å². The molecule has 2 aliphatic rings. The number of carbonyl (C=O) groups is 3. The maximum Gasteiger partial charge on any atom is 0.322 e. The third-order valence-electron chi connectivity index (χ3n) is 5.24. The van der Waals surface area contributed by atoms with Crippen molar-refractivity contribution in [3.8, 4) is 11.1 Å². The van der Waals surface area contributed by atoms with Crippen LogP contribution >= 0.6 is 11.6 Å². The molecule has 8 heteroatoms. The number of hydrogen-bond donors (Lipinski definition) is 3. The van der Waals surface area contributed by atoms with Crippen molar-refractivity contribution in [1.82, 2.24) is 16.0 Å². The van der Waals surface area contributed by atoms with E-state index in [-0.39, 0.29) is 30.0 Å². The summed E-state index contributed by atoms with van der Waals surface area (Å²) in [6.07, 6.45) is 0.274. The molecule has 1 unspecified atom stereocenters. The third kappa shape index (κ3) is 2.92. The fraction of sp³-hybridized carbons (Fsp3) is 0.250.